The monoisotopic (exact) mass is 310 g/mol. The average Bonchev–Trinajstić information content (AvgIpc) is 3.21. The summed E-state index contributed by atoms with van der Waals surface area (Å²) in [7, 11) is 0. The van der Waals surface area contributed by atoms with Gasteiger partial charge in [0.25, 0.3) is 0 Å². The molecule has 0 saturated carbocycles. The highest BCUT2D eigenvalue weighted by molar-refractivity contribution is 5.85. The lowest BCUT2D eigenvalue weighted by Gasteiger charge is -2.23. The fraction of sp³-hybridized carbons (Fsp3) is 0.375. The molecule has 1 atom stereocenters. The van der Waals surface area contributed by atoms with E-state index >= 15 is 0 Å². The summed E-state index contributed by atoms with van der Waals surface area (Å²) in [5.41, 5.74) is 3.65. The van der Waals surface area contributed by atoms with Crippen molar-refractivity contribution in [3.63, 3.8) is 0 Å². The van der Waals surface area contributed by atoms with Gasteiger partial charge >= 0.3 is 0 Å². The highest BCUT2D eigenvalue weighted by atomic mass is 16.1. The van der Waals surface area contributed by atoms with Crippen molar-refractivity contribution in [1.82, 2.24) is 30.5 Å². The summed E-state index contributed by atoms with van der Waals surface area (Å²) < 4.78 is 1.56. The summed E-state index contributed by atoms with van der Waals surface area (Å²) in [5, 5.41) is 15.3. The Morgan fingerprint density at radius 3 is 3.17 bits per heavy atom. The topological polar surface area (TPSA) is 88.5 Å². The fourth-order valence-electron chi connectivity index (χ4n) is 3.32. The van der Waals surface area contributed by atoms with Crippen molar-refractivity contribution in [2.24, 2.45) is 0 Å². The highest BCUT2D eigenvalue weighted by Crippen LogP contribution is 2.34. The quantitative estimate of drug-likeness (QED) is 0.768. The van der Waals surface area contributed by atoms with E-state index in [9.17, 15) is 4.79 Å². The Bertz CT molecular complexity index is 822. The lowest BCUT2D eigenvalue weighted by molar-refractivity contribution is -0.122. The Labute approximate surface area is 133 Å². The first-order chi connectivity index (χ1) is 11.3. The van der Waals surface area contributed by atoms with Crippen molar-refractivity contribution in [1.29, 1.82) is 0 Å². The molecule has 3 aromatic rings. The van der Waals surface area contributed by atoms with E-state index < -0.39 is 0 Å². The number of fused-ring (bicyclic) bond motifs is 3. The van der Waals surface area contributed by atoms with Crippen LogP contribution in [0.25, 0.3) is 10.9 Å². The van der Waals surface area contributed by atoms with Gasteiger partial charge in [-0.25, -0.2) is 4.68 Å². The van der Waals surface area contributed by atoms with Crippen molar-refractivity contribution in [3.8, 4) is 0 Å². The second-order valence-corrected chi connectivity index (χ2v) is 5.90. The van der Waals surface area contributed by atoms with Crippen LogP contribution in [0.15, 0.2) is 30.6 Å². The molecule has 0 unspecified atom stereocenters. The number of rotatable bonds is 4. The van der Waals surface area contributed by atoms with Gasteiger partial charge in [0.15, 0.2) is 0 Å². The van der Waals surface area contributed by atoms with Crippen LogP contribution in [0.1, 0.15) is 36.6 Å². The maximum Gasteiger partial charge on any atom is 0.222 e. The molecule has 1 amide bonds. The first-order valence-corrected chi connectivity index (χ1v) is 7.91. The molecule has 2 heterocycles. The Kier molecular flexibility index (Phi) is 3.53. The predicted molar refractivity (Wildman–Crippen MR) is 84.6 cm³/mol. The Hall–Kier alpha value is -2.70. The molecule has 0 bridgehead atoms. The summed E-state index contributed by atoms with van der Waals surface area (Å²) in [4.78, 5) is 15.7. The number of tetrazole rings is 1. The maximum atomic E-state index is 12.2. The van der Waals surface area contributed by atoms with Gasteiger partial charge in [-0.3, -0.25) is 4.79 Å². The minimum atomic E-state index is 0.0250. The van der Waals surface area contributed by atoms with Crippen molar-refractivity contribution >= 4 is 16.8 Å². The lowest BCUT2D eigenvalue weighted by atomic mass is 9.91. The second-order valence-electron chi connectivity index (χ2n) is 5.90. The summed E-state index contributed by atoms with van der Waals surface area (Å²) in [6.07, 6.45) is 5.01. The first-order valence-electron chi connectivity index (χ1n) is 7.91. The zero-order valence-corrected chi connectivity index (χ0v) is 12.7. The van der Waals surface area contributed by atoms with Crippen molar-refractivity contribution in [2.75, 3.05) is 0 Å². The molecule has 4 rings (SSSR count). The van der Waals surface area contributed by atoms with Crippen LogP contribution in [-0.4, -0.2) is 31.1 Å². The predicted octanol–water partition coefficient (Wildman–Crippen LogP) is 1.74. The lowest BCUT2D eigenvalue weighted by Crippen LogP contribution is -2.31. The fourth-order valence-corrected chi connectivity index (χ4v) is 3.32. The van der Waals surface area contributed by atoms with Crippen molar-refractivity contribution in [2.45, 2.75) is 38.3 Å². The summed E-state index contributed by atoms with van der Waals surface area (Å²) in [6, 6.07) is 8.39. The molecule has 7 heteroatoms. The van der Waals surface area contributed by atoms with Crippen molar-refractivity contribution in [3.05, 3.63) is 41.9 Å². The molecule has 0 saturated heterocycles. The molecule has 0 spiro atoms. The van der Waals surface area contributed by atoms with Gasteiger partial charge in [-0.15, -0.1) is 5.10 Å². The number of nitrogens with zero attached hydrogens (tertiary/aromatic N) is 4. The summed E-state index contributed by atoms with van der Waals surface area (Å²) >= 11 is 0. The molecule has 118 valence electrons. The number of amides is 1. The van der Waals surface area contributed by atoms with Gasteiger partial charge in [0, 0.05) is 23.0 Å². The van der Waals surface area contributed by atoms with Crippen LogP contribution in [0.2, 0.25) is 0 Å². The molecule has 2 aromatic heterocycles. The van der Waals surface area contributed by atoms with Crippen molar-refractivity contribution < 1.29 is 4.79 Å². The Morgan fingerprint density at radius 2 is 2.30 bits per heavy atom. The highest BCUT2D eigenvalue weighted by Gasteiger charge is 2.25. The van der Waals surface area contributed by atoms with Gasteiger partial charge in [-0.2, -0.15) is 0 Å². The number of carbonyl (C=O) groups excluding carboxylic acids is 1. The van der Waals surface area contributed by atoms with Gasteiger partial charge < -0.3 is 10.3 Å². The molecule has 0 aliphatic heterocycles. The van der Waals surface area contributed by atoms with Gasteiger partial charge in [0.1, 0.15) is 6.33 Å². The molecule has 23 heavy (non-hydrogen) atoms. The molecule has 0 radical (unpaired) electrons. The average molecular weight is 310 g/mol. The number of hydrogen-bond acceptors (Lipinski definition) is 4. The van der Waals surface area contributed by atoms with Gasteiger partial charge in [-0.1, -0.05) is 18.2 Å². The second kappa shape index (κ2) is 5.83. The van der Waals surface area contributed by atoms with Gasteiger partial charge in [0.2, 0.25) is 5.91 Å². The van der Waals surface area contributed by atoms with E-state index in [2.05, 4.69) is 44.0 Å². The van der Waals surface area contributed by atoms with E-state index in [1.54, 1.807) is 4.68 Å². The van der Waals surface area contributed by atoms with Crippen LogP contribution >= 0.6 is 0 Å². The van der Waals surface area contributed by atoms with Crippen LogP contribution in [0.4, 0.5) is 0 Å². The Morgan fingerprint density at radius 1 is 1.39 bits per heavy atom. The SMILES string of the molecule is O=C(CCn1cnnn1)N[C@@H]1CCCc2c1[nH]c1ccccc21. The first kappa shape index (κ1) is 13.9. The van der Waals surface area contributed by atoms with Crippen LogP contribution in [0, 0.1) is 0 Å². The van der Waals surface area contributed by atoms with E-state index in [1.807, 2.05) is 6.07 Å². The zero-order valence-electron chi connectivity index (χ0n) is 12.7. The third-order valence-electron chi connectivity index (χ3n) is 4.41. The third-order valence-corrected chi connectivity index (χ3v) is 4.41. The molecular formula is C16H18N6O. The number of nitrogens with one attached hydrogen (secondary N) is 2. The van der Waals surface area contributed by atoms with E-state index in [-0.39, 0.29) is 11.9 Å². The van der Waals surface area contributed by atoms with E-state index in [0.29, 0.717) is 13.0 Å². The number of aryl methyl sites for hydroxylation is 2. The molecule has 2 N–H and O–H groups in total. The minimum absolute atomic E-state index is 0.0250. The maximum absolute atomic E-state index is 12.2. The number of benzene rings is 1. The molecule has 1 aliphatic rings. The van der Waals surface area contributed by atoms with Crippen LogP contribution in [-0.2, 0) is 17.8 Å². The van der Waals surface area contributed by atoms with Crippen LogP contribution in [0.5, 0.6) is 0 Å². The minimum Gasteiger partial charge on any atom is -0.356 e. The number of hydrogen-bond donors (Lipinski definition) is 2. The molecule has 7 nitrogen and oxygen atoms in total. The summed E-state index contributed by atoms with van der Waals surface area (Å²) in [6.45, 7) is 0.491. The third kappa shape index (κ3) is 2.69. The number of aromatic amines is 1. The number of H-pyrrole nitrogens is 1. The smallest absolute Gasteiger partial charge is 0.222 e. The molecule has 1 aromatic carbocycles. The number of carbonyl (C=O) groups is 1. The normalized spacial score (nSPS) is 17.1. The van der Waals surface area contributed by atoms with Gasteiger partial charge in [-0.05, 0) is 41.3 Å². The van der Waals surface area contributed by atoms with E-state index in [4.69, 9.17) is 0 Å². The molecule has 0 fully saturated rings. The van der Waals surface area contributed by atoms with E-state index in [1.165, 1.54) is 17.3 Å². The van der Waals surface area contributed by atoms with Crippen LogP contribution in [0.3, 0.4) is 0 Å². The largest absolute Gasteiger partial charge is 0.356 e. The molecule has 1 aliphatic carbocycles. The van der Waals surface area contributed by atoms with E-state index in [0.717, 1.165) is 30.5 Å². The Balaban J connectivity index is 1.49. The summed E-state index contributed by atoms with van der Waals surface area (Å²) in [5.74, 6) is 0.0250. The standard InChI is InChI=1S/C16H18N6O/c23-15(8-9-22-10-17-20-21-22)18-14-7-3-5-12-11-4-1-2-6-13(11)19-16(12)14/h1-2,4,6,10,14,19H,3,5,7-9H2,(H,18,23)/t14-/m1/s1. The number of aromatic nitrogens is 5. The molecular weight excluding hydrogens is 292 g/mol. The zero-order chi connectivity index (χ0) is 15.6. The van der Waals surface area contributed by atoms with Crippen LogP contribution < -0.4 is 5.32 Å². The number of para-hydroxylation sites is 1. The van der Waals surface area contributed by atoms with Gasteiger partial charge in [0.05, 0.1) is 12.6 Å².